The number of rotatable bonds is 0. The second kappa shape index (κ2) is 8.95. The second-order valence-electron chi connectivity index (χ2n) is 0.250. The Balaban J connectivity index is 0. The minimum absolute atomic E-state index is 2.33. The summed E-state index contributed by atoms with van der Waals surface area (Å²) in [6.07, 6.45) is -2.33. The Kier molecular flexibility index (Phi) is 13.3. The van der Waals surface area contributed by atoms with Gasteiger partial charge in [-0.05, 0) is 6.16 Å². The van der Waals surface area contributed by atoms with Crippen molar-refractivity contribution in [3.05, 3.63) is 0 Å². The molecule has 0 aromatic carbocycles. The fourth-order valence-corrected chi connectivity index (χ4v) is 0. The molecule has 0 aliphatic carbocycles. The molecular formula is C2O4. The van der Waals surface area contributed by atoms with Crippen LogP contribution in [0.2, 0.25) is 0 Å². The molecule has 0 saturated carbocycles. The van der Waals surface area contributed by atoms with E-state index in [2.05, 4.69) is 6.79 Å². The van der Waals surface area contributed by atoms with Gasteiger partial charge in [0.2, 0.25) is 0 Å². The Labute approximate surface area is 34.0 Å². The Bertz CT molecular complexity index is 36.8. The van der Waals surface area contributed by atoms with Crippen LogP contribution in [0, 0.1) is 0 Å². The molecule has 0 bridgehead atoms. The van der Waals surface area contributed by atoms with Crippen molar-refractivity contribution >= 4 is 12.9 Å². The summed E-state index contributed by atoms with van der Waals surface area (Å²) in [5.74, 6) is 0. The summed E-state index contributed by atoms with van der Waals surface area (Å²) >= 11 is 0. The quantitative estimate of drug-likeness (QED) is 0.319. The zero-order valence-electron chi connectivity index (χ0n) is 2.63. The molecule has 0 radical (unpaired) electrons. The van der Waals surface area contributed by atoms with Crippen molar-refractivity contribution in [3.8, 4) is 0 Å². The molecule has 0 amide bonds. The van der Waals surface area contributed by atoms with Crippen LogP contribution < -0.4 is 10.2 Å². The average Bonchev–Trinajstić information content (AvgIpc) is 1.41. The molecule has 0 fully saturated rings. The second-order valence-corrected chi connectivity index (χ2v) is 0.250. The third kappa shape index (κ3) is 15.2. The predicted molar refractivity (Wildman–Crippen MR) is 11.1 cm³/mol. The third-order valence-electron chi connectivity index (χ3n) is 0. The summed E-state index contributed by atoms with van der Waals surface area (Å²) in [7, 11) is 0. The maximum absolute atomic E-state index is 8.33. The van der Waals surface area contributed by atoms with Crippen molar-refractivity contribution in [2.75, 3.05) is 0 Å². The zero-order chi connectivity index (χ0) is 5.58. The first-order valence-corrected chi connectivity index (χ1v) is 0.816. The molecule has 0 aromatic rings. The third-order valence-corrected chi connectivity index (χ3v) is 0. The van der Waals surface area contributed by atoms with Gasteiger partial charge < -0.3 is 15.0 Å². The summed E-state index contributed by atoms with van der Waals surface area (Å²) in [4.78, 5) is 15.8. The van der Waals surface area contributed by atoms with Gasteiger partial charge in [-0.15, -0.1) is 0 Å². The van der Waals surface area contributed by atoms with E-state index >= 15 is 0 Å². The zero-order valence-corrected chi connectivity index (χ0v) is 2.63. The molecule has 6 heavy (non-hydrogen) atoms. The van der Waals surface area contributed by atoms with E-state index in [1.165, 1.54) is 0 Å². The Hall–Kier alpha value is -0.930. The number of hydrogen-bond acceptors (Lipinski definition) is 4. The molecule has 0 aromatic heterocycles. The fourth-order valence-electron chi connectivity index (χ4n) is 0. The first-order valence-electron chi connectivity index (χ1n) is 0.816. The van der Waals surface area contributed by atoms with Gasteiger partial charge in [0, 0.05) is 0 Å². The molecule has 0 rings (SSSR count). The van der Waals surface area contributed by atoms with Gasteiger partial charge in [0.15, 0.2) is 0 Å². The van der Waals surface area contributed by atoms with Crippen LogP contribution in [0.5, 0.6) is 0 Å². The Morgan fingerprint density at radius 2 is 1.33 bits per heavy atom. The molecule has 0 heterocycles. The van der Waals surface area contributed by atoms with E-state index in [0.717, 1.165) is 0 Å². The molecule has 0 N–H and O–H groups in total. The molecule has 32 valence electrons. The van der Waals surface area contributed by atoms with Gasteiger partial charge in [0.05, 0.1) is 0 Å². The van der Waals surface area contributed by atoms with Crippen molar-refractivity contribution in [3.63, 3.8) is 0 Å². The average molecular weight is 88.0 g/mol. The number of carbonyl (C=O) groups is 1. The van der Waals surface area contributed by atoms with Crippen LogP contribution in [-0.2, 0) is 4.79 Å². The molecular weight excluding hydrogens is 88.0 g/mol. The van der Waals surface area contributed by atoms with Crippen LogP contribution in [-0.4, -0.2) is 12.9 Å². The van der Waals surface area contributed by atoms with Gasteiger partial charge in [-0.1, -0.05) is 0 Å². The summed E-state index contributed by atoms with van der Waals surface area (Å²) in [5, 5.41) is 16.7. The molecule has 4 nitrogen and oxygen atoms in total. The summed E-state index contributed by atoms with van der Waals surface area (Å²) < 4.78 is 0. The van der Waals surface area contributed by atoms with E-state index in [1.54, 1.807) is 0 Å². The maximum atomic E-state index is 8.33. The predicted octanol–water partition coefficient (Wildman–Crippen LogP) is -2.84. The first kappa shape index (κ1) is 8.91. The first-order chi connectivity index (χ1) is 2.73. The van der Waals surface area contributed by atoms with E-state index in [-0.39, 0.29) is 0 Å². The van der Waals surface area contributed by atoms with E-state index in [0.29, 0.717) is 0 Å². The molecule has 0 unspecified atom stereocenters. The topological polar surface area (TPSA) is 80.3 Å². The van der Waals surface area contributed by atoms with Gasteiger partial charge in [-0.3, -0.25) is 0 Å². The van der Waals surface area contributed by atoms with E-state index in [4.69, 9.17) is 19.8 Å². The van der Waals surface area contributed by atoms with Crippen LogP contribution in [0.25, 0.3) is 0 Å². The molecule has 0 aliphatic heterocycles. The summed E-state index contributed by atoms with van der Waals surface area (Å²) in [5.41, 5.74) is 0. The number of hydrogen-bond donors (Lipinski definition) is 0. The molecule has 0 aliphatic rings. The molecule has 0 atom stereocenters. The van der Waals surface area contributed by atoms with Crippen molar-refractivity contribution in [1.82, 2.24) is 0 Å². The molecule has 0 saturated heterocycles. The molecule has 0 spiro atoms. The normalized spacial score (nSPS) is 5.00. The Morgan fingerprint density at radius 3 is 1.33 bits per heavy atom. The van der Waals surface area contributed by atoms with E-state index in [1.807, 2.05) is 0 Å². The van der Waals surface area contributed by atoms with Gasteiger partial charge in [-0.25, -0.2) is 0 Å². The van der Waals surface area contributed by atoms with Crippen LogP contribution in [0.1, 0.15) is 0 Å². The van der Waals surface area contributed by atoms with Crippen molar-refractivity contribution < 1.29 is 19.8 Å². The van der Waals surface area contributed by atoms with Crippen molar-refractivity contribution in [1.29, 1.82) is 0 Å². The Morgan fingerprint density at radius 1 is 1.33 bits per heavy atom. The van der Waals surface area contributed by atoms with E-state index in [9.17, 15) is 0 Å². The molecule has 4 heteroatoms. The summed E-state index contributed by atoms with van der Waals surface area (Å²) in [6, 6.07) is 0. The van der Waals surface area contributed by atoms with Crippen molar-refractivity contribution in [2.45, 2.75) is 0 Å². The SMILES string of the molecule is O=C([O-])[O-].[C+2]=O. The van der Waals surface area contributed by atoms with Gasteiger partial charge in [-0.2, -0.15) is 0 Å². The monoisotopic (exact) mass is 88.0 g/mol. The fraction of sp³-hybridized carbons (Fsp3) is 0. The number of carbonyl (C=O) groups excluding carboxylic acids is 2. The van der Waals surface area contributed by atoms with Crippen LogP contribution >= 0.6 is 0 Å². The van der Waals surface area contributed by atoms with Crippen LogP contribution in [0.3, 0.4) is 0 Å². The van der Waals surface area contributed by atoms with Gasteiger partial charge in [0.1, 0.15) is 0 Å². The number of carboxylic acid groups (broad SMARTS) is 2. The van der Waals surface area contributed by atoms with Crippen molar-refractivity contribution in [2.24, 2.45) is 0 Å². The van der Waals surface area contributed by atoms with E-state index < -0.39 is 6.16 Å². The summed E-state index contributed by atoms with van der Waals surface area (Å²) in [6.45, 7) is 4.50. The van der Waals surface area contributed by atoms with Gasteiger partial charge in [0.25, 0.3) is 0 Å². The van der Waals surface area contributed by atoms with Crippen LogP contribution in [0.4, 0.5) is 4.79 Å². The van der Waals surface area contributed by atoms with Gasteiger partial charge >= 0.3 is 11.6 Å². The van der Waals surface area contributed by atoms with Crippen LogP contribution in [0.15, 0.2) is 0 Å². The standard InChI is InChI=1S/CH2O3.CO/c2-1(3)4;1-2/h(H2,2,3,4);/q;+2/p-2. The minimum atomic E-state index is -2.33.